The summed E-state index contributed by atoms with van der Waals surface area (Å²) in [5, 5.41) is 15.9. The first-order valence-corrected chi connectivity index (χ1v) is 6.35. The Morgan fingerprint density at radius 1 is 1.47 bits per heavy atom. The number of nitrogens with one attached hydrogen (secondary N) is 1. The summed E-state index contributed by atoms with van der Waals surface area (Å²) in [7, 11) is 0. The molecule has 2 rings (SSSR count). The minimum absolute atomic E-state index is 0.0384. The number of H-pyrrole nitrogens is 1. The van der Waals surface area contributed by atoms with Crippen molar-refractivity contribution < 1.29 is 5.11 Å². The Hall–Kier alpha value is -0.980. The minimum Gasteiger partial charge on any atom is -0.388 e. The van der Waals surface area contributed by atoms with Crippen molar-refractivity contribution in [1.29, 1.82) is 0 Å². The van der Waals surface area contributed by atoms with Crippen LogP contribution in [0.2, 0.25) is 0 Å². The number of halogens is 1. The number of benzene rings is 1. The number of rotatable bonds is 3. The lowest BCUT2D eigenvalue weighted by atomic mass is 10.1. The molecule has 0 fully saturated rings. The SMILES string of the molecule is CC(c1ccc(Br)cc1)n1c(CO)n[nH]c1=S. The van der Waals surface area contributed by atoms with E-state index in [4.69, 9.17) is 12.2 Å². The van der Waals surface area contributed by atoms with Crippen LogP contribution in [0.3, 0.4) is 0 Å². The van der Waals surface area contributed by atoms with Crippen molar-refractivity contribution in [2.24, 2.45) is 0 Å². The average Bonchev–Trinajstić information content (AvgIpc) is 2.70. The monoisotopic (exact) mass is 313 g/mol. The van der Waals surface area contributed by atoms with Crippen LogP contribution in [0.1, 0.15) is 24.4 Å². The molecule has 2 aromatic rings. The summed E-state index contributed by atoms with van der Waals surface area (Å²) in [6.45, 7) is 1.89. The molecule has 0 saturated heterocycles. The van der Waals surface area contributed by atoms with E-state index >= 15 is 0 Å². The van der Waals surface area contributed by atoms with Crippen molar-refractivity contribution in [2.45, 2.75) is 19.6 Å². The van der Waals surface area contributed by atoms with E-state index in [1.54, 1.807) is 0 Å². The zero-order valence-electron chi connectivity index (χ0n) is 9.22. The van der Waals surface area contributed by atoms with Gasteiger partial charge in [-0.3, -0.25) is 9.67 Å². The molecule has 0 aliphatic rings. The molecule has 90 valence electrons. The molecule has 4 nitrogen and oxygen atoms in total. The highest BCUT2D eigenvalue weighted by molar-refractivity contribution is 9.10. The van der Waals surface area contributed by atoms with Gasteiger partial charge in [0, 0.05) is 4.47 Å². The fourth-order valence-electron chi connectivity index (χ4n) is 1.74. The van der Waals surface area contributed by atoms with Gasteiger partial charge in [-0.15, -0.1) is 0 Å². The number of aromatic nitrogens is 3. The Morgan fingerprint density at radius 2 is 2.12 bits per heavy atom. The fourth-order valence-corrected chi connectivity index (χ4v) is 2.31. The zero-order chi connectivity index (χ0) is 12.4. The average molecular weight is 314 g/mol. The van der Waals surface area contributed by atoms with E-state index in [1.165, 1.54) is 0 Å². The third kappa shape index (κ3) is 2.48. The van der Waals surface area contributed by atoms with Gasteiger partial charge in [-0.05, 0) is 36.8 Å². The van der Waals surface area contributed by atoms with E-state index in [1.807, 2.05) is 35.8 Å². The third-order valence-electron chi connectivity index (χ3n) is 2.66. The summed E-state index contributed by atoms with van der Waals surface area (Å²) in [5.41, 5.74) is 1.11. The lowest BCUT2D eigenvalue weighted by molar-refractivity contribution is 0.263. The molecule has 17 heavy (non-hydrogen) atoms. The highest BCUT2D eigenvalue weighted by Gasteiger charge is 2.13. The first kappa shape index (κ1) is 12.5. The molecular weight excluding hydrogens is 302 g/mol. The highest BCUT2D eigenvalue weighted by atomic mass is 79.9. The Balaban J connectivity index is 2.43. The fraction of sp³-hybridized carbons (Fsp3) is 0.273. The van der Waals surface area contributed by atoms with Gasteiger partial charge in [0.25, 0.3) is 0 Å². The molecule has 2 N–H and O–H groups in total. The van der Waals surface area contributed by atoms with Crippen LogP contribution in [-0.4, -0.2) is 19.9 Å². The lowest BCUT2D eigenvalue weighted by Gasteiger charge is -2.15. The Kier molecular flexibility index (Phi) is 3.76. The predicted molar refractivity (Wildman–Crippen MR) is 71.3 cm³/mol. The van der Waals surface area contributed by atoms with Gasteiger partial charge in [0.15, 0.2) is 10.6 Å². The maximum absolute atomic E-state index is 9.21. The van der Waals surface area contributed by atoms with E-state index in [2.05, 4.69) is 26.1 Å². The van der Waals surface area contributed by atoms with Crippen LogP contribution in [0.15, 0.2) is 28.7 Å². The van der Waals surface area contributed by atoms with E-state index in [0.29, 0.717) is 10.6 Å². The summed E-state index contributed by atoms with van der Waals surface area (Å²) in [6.07, 6.45) is 0. The van der Waals surface area contributed by atoms with Crippen molar-refractivity contribution in [3.63, 3.8) is 0 Å². The van der Waals surface area contributed by atoms with E-state index in [9.17, 15) is 5.11 Å². The van der Waals surface area contributed by atoms with Gasteiger partial charge in [0.1, 0.15) is 6.61 Å². The summed E-state index contributed by atoms with van der Waals surface area (Å²) in [5.74, 6) is 0.547. The summed E-state index contributed by atoms with van der Waals surface area (Å²) < 4.78 is 3.37. The van der Waals surface area contributed by atoms with Gasteiger partial charge in [-0.2, -0.15) is 5.10 Å². The zero-order valence-corrected chi connectivity index (χ0v) is 11.6. The quantitative estimate of drug-likeness (QED) is 0.857. The van der Waals surface area contributed by atoms with Gasteiger partial charge in [0.05, 0.1) is 6.04 Å². The second-order valence-electron chi connectivity index (χ2n) is 3.70. The highest BCUT2D eigenvalue weighted by Crippen LogP contribution is 2.21. The lowest BCUT2D eigenvalue weighted by Crippen LogP contribution is -2.11. The van der Waals surface area contributed by atoms with Crippen LogP contribution in [0.4, 0.5) is 0 Å². The standard InChI is InChI=1S/C11H12BrN3OS/c1-7(8-2-4-9(12)5-3-8)15-10(6-16)13-14-11(15)17/h2-5,7,16H,6H2,1H3,(H,14,17). The third-order valence-corrected chi connectivity index (χ3v) is 3.48. The van der Waals surface area contributed by atoms with Crippen LogP contribution in [0.25, 0.3) is 0 Å². The molecule has 0 bridgehead atoms. The summed E-state index contributed by atoms with van der Waals surface area (Å²) in [4.78, 5) is 0. The molecule has 0 saturated carbocycles. The molecule has 0 aliphatic carbocycles. The van der Waals surface area contributed by atoms with Crippen molar-refractivity contribution in [3.8, 4) is 0 Å². The number of aliphatic hydroxyl groups is 1. The molecule has 1 aromatic heterocycles. The number of hydrogen-bond acceptors (Lipinski definition) is 3. The van der Waals surface area contributed by atoms with Crippen LogP contribution in [0.5, 0.6) is 0 Å². The van der Waals surface area contributed by atoms with Crippen molar-refractivity contribution in [3.05, 3.63) is 44.9 Å². The molecule has 6 heteroatoms. The largest absolute Gasteiger partial charge is 0.388 e. The first-order chi connectivity index (χ1) is 8.13. The van der Waals surface area contributed by atoms with E-state index in [0.717, 1.165) is 10.0 Å². The number of hydrogen-bond donors (Lipinski definition) is 2. The molecule has 1 aromatic carbocycles. The van der Waals surface area contributed by atoms with E-state index in [-0.39, 0.29) is 12.6 Å². The molecule has 0 aliphatic heterocycles. The maximum Gasteiger partial charge on any atom is 0.195 e. The smallest absolute Gasteiger partial charge is 0.195 e. The van der Waals surface area contributed by atoms with Crippen molar-refractivity contribution >= 4 is 28.1 Å². The van der Waals surface area contributed by atoms with Crippen LogP contribution < -0.4 is 0 Å². The maximum atomic E-state index is 9.21. The van der Waals surface area contributed by atoms with Gasteiger partial charge in [0.2, 0.25) is 0 Å². The normalized spacial score (nSPS) is 12.6. The number of nitrogens with zero attached hydrogens (tertiary/aromatic N) is 2. The predicted octanol–water partition coefficient (Wildman–Crippen LogP) is 2.80. The van der Waals surface area contributed by atoms with E-state index < -0.39 is 0 Å². The molecule has 1 unspecified atom stereocenters. The number of aromatic amines is 1. The second-order valence-corrected chi connectivity index (χ2v) is 5.00. The second kappa shape index (κ2) is 5.12. The van der Waals surface area contributed by atoms with Crippen LogP contribution >= 0.6 is 28.1 Å². The molecule has 0 amide bonds. The van der Waals surface area contributed by atoms with Crippen molar-refractivity contribution in [2.75, 3.05) is 0 Å². The minimum atomic E-state index is -0.131. The Morgan fingerprint density at radius 3 is 2.71 bits per heavy atom. The molecule has 1 heterocycles. The van der Waals surface area contributed by atoms with Gasteiger partial charge in [-0.25, -0.2) is 0 Å². The van der Waals surface area contributed by atoms with Crippen molar-refractivity contribution in [1.82, 2.24) is 14.8 Å². The molecule has 0 spiro atoms. The van der Waals surface area contributed by atoms with Crippen LogP contribution in [-0.2, 0) is 6.61 Å². The molecule has 1 atom stereocenters. The van der Waals surface area contributed by atoms with Gasteiger partial charge < -0.3 is 5.11 Å². The Labute approximate surface area is 112 Å². The number of aliphatic hydroxyl groups excluding tert-OH is 1. The first-order valence-electron chi connectivity index (χ1n) is 5.15. The van der Waals surface area contributed by atoms with Crippen LogP contribution in [0, 0.1) is 4.77 Å². The summed E-state index contributed by atoms with van der Waals surface area (Å²) >= 11 is 8.57. The van der Waals surface area contributed by atoms with Gasteiger partial charge in [-0.1, -0.05) is 28.1 Å². The molecular formula is C11H12BrN3OS. The Bertz CT molecular complexity index is 561. The topological polar surface area (TPSA) is 53.8 Å². The summed E-state index contributed by atoms with van der Waals surface area (Å²) in [6, 6.07) is 8.04. The molecule has 0 radical (unpaired) electrons. The van der Waals surface area contributed by atoms with Gasteiger partial charge >= 0.3 is 0 Å².